The van der Waals surface area contributed by atoms with Gasteiger partial charge in [0.15, 0.2) is 0 Å². The van der Waals surface area contributed by atoms with Crippen molar-refractivity contribution in [3.63, 3.8) is 0 Å². The molecule has 2 heterocycles. The quantitative estimate of drug-likeness (QED) is 0.619. The summed E-state index contributed by atoms with van der Waals surface area (Å²) < 4.78 is 1.01. The Balaban J connectivity index is 1.57. The predicted octanol–water partition coefficient (Wildman–Crippen LogP) is 4.19. The molecule has 1 amide bonds. The Labute approximate surface area is 154 Å². The number of likely N-dealkylation sites (tertiary alicyclic amines) is 1. The molecule has 0 bridgehead atoms. The second-order valence-electron chi connectivity index (χ2n) is 6.21. The molecule has 1 atom stereocenters. The number of nitrogens with one attached hydrogen (secondary N) is 1. The maximum atomic E-state index is 12.9. The van der Waals surface area contributed by atoms with Crippen LogP contribution < -0.4 is 0 Å². The maximum Gasteiger partial charge on any atom is 0.254 e. The van der Waals surface area contributed by atoms with E-state index in [2.05, 4.69) is 27.6 Å². The first-order chi connectivity index (χ1) is 11.7. The van der Waals surface area contributed by atoms with Crippen molar-refractivity contribution in [2.75, 3.05) is 13.1 Å². The fourth-order valence-electron chi connectivity index (χ4n) is 3.36. The molecular formula is C19H18IN3O. The van der Waals surface area contributed by atoms with Gasteiger partial charge < -0.3 is 9.88 Å². The molecule has 122 valence electrons. The van der Waals surface area contributed by atoms with Gasteiger partial charge in [0.2, 0.25) is 0 Å². The lowest BCUT2D eigenvalue weighted by atomic mass is 9.96. The fraction of sp³-hybridized carbons (Fsp3) is 0.263. The van der Waals surface area contributed by atoms with Crippen LogP contribution in [0.2, 0.25) is 0 Å². The largest absolute Gasteiger partial charge is 0.342 e. The first kappa shape index (κ1) is 15.6. The normalized spacial score (nSPS) is 18.0. The Kier molecular flexibility index (Phi) is 4.26. The van der Waals surface area contributed by atoms with Crippen molar-refractivity contribution < 1.29 is 4.79 Å². The van der Waals surface area contributed by atoms with Gasteiger partial charge in [0.05, 0.1) is 16.6 Å². The van der Waals surface area contributed by atoms with Crippen molar-refractivity contribution in [2.45, 2.75) is 18.8 Å². The van der Waals surface area contributed by atoms with Crippen molar-refractivity contribution in [2.24, 2.45) is 0 Å². The van der Waals surface area contributed by atoms with E-state index < -0.39 is 0 Å². The topological polar surface area (TPSA) is 49.0 Å². The number of halogens is 1. The molecule has 0 radical (unpaired) electrons. The maximum absolute atomic E-state index is 12.9. The molecule has 1 N–H and O–H groups in total. The number of benzene rings is 2. The zero-order chi connectivity index (χ0) is 16.5. The molecule has 0 aliphatic carbocycles. The predicted molar refractivity (Wildman–Crippen MR) is 103 cm³/mol. The fourth-order valence-corrected chi connectivity index (χ4v) is 3.97. The number of hydrogen-bond acceptors (Lipinski definition) is 2. The summed E-state index contributed by atoms with van der Waals surface area (Å²) in [6, 6.07) is 15.9. The second kappa shape index (κ2) is 6.55. The number of piperidine rings is 1. The van der Waals surface area contributed by atoms with E-state index in [1.165, 1.54) is 0 Å². The first-order valence-corrected chi connectivity index (χ1v) is 9.29. The molecule has 1 saturated heterocycles. The molecular weight excluding hydrogens is 413 g/mol. The molecule has 5 heteroatoms. The highest BCUT2D eigenvalue weighted by molar-refractivity contribution is 14.1. The number of fused-ring (bicyclic) bond motifs is 1. The summed E-state index contributed by atoms with van der Waals surface area (Å²) in [6.07, 6.45) is 2.08. The van der Waals surface area contributed by atoms with Crippen molar-refractivity contribution in [1.29, 1.82) is 0 Å². The number of carbonyl (C=O) groups excluding carboxylic acids is 1. The Bertz CT molecular complexity index is 856. The van der Waals surface area contributed by atoms with Crippen LogP contribution in [-0.2, 0) is 0 Å². The number of nitrogens with zero attached hydrogens (tertiary/aromatic N) is 2. The molecule has 24 heavy (non-hydrogen) atoms. The Morgan fingerprint density at radius 1 is 1.17 bits per heavy atom. The van der Waals surface area contributed by atoms with E-state index in [-0.39, 0.29) is 11.8 Å². The van der Waals surface area contributed by atoms with Crippen molar-refractivity contribution in [3.05, 3.63) is 63.5 Å². The van der Waals surface area contributed by atoms with Gasteiger partial charge in [-0.2, -0.15) is 0 Å². The second-order valence-corrected chi connectivity index (χ2v) is 7.37. The SMILES string of the molecule is O=C(c1ccccc1I)N1CCC[C@H](c2nc3ccccc3[nH]2)C1. The van der Waals surface area contributed by atoms with Crippen molar-refractivity contribution in [3.8, 4) is 0 Å². The number of aromatic amines is 1. The smallest absolute Gasteiger partial charge is 0.254 e. The van der Waals surface area contributed by atoms with Gasteiger partial charge in [0, 0.05) is 22.6 Å². The number of imidazole rings is 1. The van der Waals surface area contributed by atoms with E-state index >= 15 is 0 Å². The van der Waals surface area contributed by atoms with Crippen LogP contribution in [0.4, 0.5) is 0 Å². The van der Waals surface area contributed by atoms with Gasteiger partial charge in [-0.25, -0.2) is 4.98 Å². The van der Waals surface area contributed by atoms with Crippen LogP contribution in [-0.4, -0.2) is 33.9 Å². The molecule has 0 unspecified atom stereocenters. The van der Waals surface area contributed by atoms with E-state index in [9.17, 15) is 4.79 Å². The molecule has 1 aromatic heterocycles. The van der Waals surface area contributed by atoms with Gasteiger partial charge in [-0.15, -0.1) is 0 Å². The van der Waals surface area contributed by atoms with Gasteiger partial charge in [-0.3, -0.25) is 4.79 Å². The number of carbonyl (C=O) groups is 1. The molecule has 1 aliphatic heterocycles. The summed E-state index contributed by atoms with van der Waals surface area (Å²) in [7, 11) is 0. The molecule has 2 aromatic carbocycles. The van der Waals surface area contributed by atoms with E-state index in [1.807, 2.05) is 53.4 Å². The van der Waals surface area contributed by atoms with Crippen LogP contribution in [0.15, 0.2) is 48.5 Å². The Morgan fingerprint density at radius 3 is 2.79 bits per heavy atom. The number of aromatic nitrogens is 2. The average molecular weight is 431 g/mol. The molecule has 4 nitrogen and oxygen atoms in total. The molecule has 0 saturated carbocycles. The molecule has 1 aliphatic rings. The highest BCUT2D eigenvalue weighted by Gasteiger charge is 2.28. The summed E-state index contributed by atoms with van der Waals surface area (Å²) >= 11 is 2.23. The summed E-state index contributed by atoms with van der Waals surface area (Å²) in [6.45, 7) is 1.55. The van der Waals surface area contributed by atoms with Gasteiger partial charge in [0.1, 0.15) is 5.82 Å². The number of para-hydroxylation sites is 2. The van der Waals surface area contributed by atoms with Gasteiger partial charge in [-0.1, -0.05) is 24.3 Å². The minimum absolute atomic E-state index is 0.126. The summed E-state index contributed by atoms with van der Waals surface area (Å²) in [5.41, 5.74) is 2.85. The van der Waals surface area contributed by atoms with E-state index in [0.29, 0.717) is 0 Å². The van der Waals surface area contributed by atoms with Crippen LogP contribution in [0.3, 0.4) is 0 Å². The Morgan fingerprint density at radius 2 is 1.96 bits per heavy atom. The number of hydrogen-bond donors (Lipinski definition) is 1. The van der Waals surface area contributed by atoms with E-state index in [1.54, 1.807) is 0 Å². The van der Waals surface area contributed by atoms with Gasteiger partial charge in [0.25, 0.3) is 5.91 Å². The standard InChI is InChI=1S/C19H18IN3O/c20-15-8-2-1-7-14(15)19(24)23-11-5-6-13(12-23)18-21-16-9-3-4-10-17(16)22-18/h1-4,7-10,13H,5-6,11-12H2,(H,21,22)/t13-/m0/s1. The highest BCUT2D eigenvalue weighted by atomic mass is 127. The highest BCUT2D eigenvalue weighted by Crippen LogP contribution is 2.28. The molecule has 1 fully saturated rings. The minimum Gasteiger partial charge on any atom is -0.342 e. The first-order valence-electron chi connectivity index (χ1n) is 8.21. The number of amides is 1. The Hall–Kier alpha value is -1.89. The number of rotatable bonds is 2. The van der Waals surface area contributed by atoms with E-state index in [0.717, 1.165) is 51.9 Å². The van der Waals surface area contributed by atoms with Crippen LogP contribution in [0.1, 0.15) is 34.9 Å². The van der Waals surface area contributed by atoms with Crippen molar-refractivity contribution >= 4 is 39.5 Å². The summed E-state index contributed by atoms with van der Waals surface area (Å²) in [5, 5.41) is 0. The molecule has 4 rings (SSSR count). The lowest BCUT2D eigenvalue weighted by Crippen LogP contribution is -2.39. The van der Waals surface area contributed by atoms with E-state index in [4.69, 9.17) is 4.98 Å². The molecule has 0 spiro atoms. The molecule has 3 aromatic rings. The van der Waals surface area contributed by atoms with Crippen LogP contribution in [0.5, 0.6) is 0 Å². The van der Waals surface area contributed by atoms with Crippen LogP contribution >= 0.6 is 22.6 Å². The zero-order valence-electron chi connectivity index (χ0n) is 13.2. The average Bonchev–Trinajstić information content (AvgIpc) is 3.06. The van der Waals surface area contributed by atoms with Crippen LogP contribution in [0, 0.1) is 3.57 Å². The monoisotopic (exact) mass is 431 g/mol. The third kappa shape index (κ3) is 2.92. The third-order valence-corrected chi connectivity index (χ3v) is 5.55. The minimum atomic E-state index is 0.126. The lowest BCUT2D eigenvalue weighted by Gasteiger charge is -2.32. The van der Waals surface area contributed by atoms with Gasteiger partial charge in [-0.05, 0) is 59.7 Å². The zero-order valence-corrected chi connectivity index (χ0v) is 15.4. The number of H-pyrrole nitrogens is 1. The summed E-state index contributed by atoms with van der Waals surface area (Å²) in [4.78, 5) is 23.0. The van der Waals surface area contributed by atoms with Gasteiger partial charge >= 0.3 is 0 Å². The van der Waals surface area contributed by atoms with Crippen molar-refractivity contribution in [1.82, 2.24) is 14.9 Å². The third-order valence-electron chi connectivity index (χ3n) is 4.61. The summed E-state index contributed by atoms with van der Waals surface area (Å²) in [5.74, 6) is 1.40. The lowest BCUT2D eigenvalue weighted by molar-refractivity contribution is 0.0704. The van der Waals surface area contributed by atoms with Crippen LogP contribution in [0.25, 0.3) is 11.0 Å².